The molecule has 1 atom stereocenters. The first kappa shape index (κ1) is 14.6. The Hall–Kier alpha value is -1.42. The standard InChI is InChI=1S/C14H23N2O2/c1-5-13(17)15-11-9-10-12(15)16(7-3,8-4)14(18)6-2/h5-6,12H,1-2,7-11H2,3-4H3/q+1. The number of hydrogen-bond acceptors (Lipinski definition) is 2. The molecule has 0 saturated carbocycles. The number of hydrogen-bond donors (Lipinski definition) is 0. The van der Waals surface area contributed by atoms with Crippen LogP contribution in [0.25, 0.3) is 0 Å². The lowest BCUT2D eigenvalue weighted by Gasteiger charge is -2.42. The van der Waals surface area contributed by atoms with E-state index in [1.807, 2.05) is 13.8 Å². The lowest BCUT2D eigenvalue weighted by molar-refractivity contribution is -0.883. The van der Waals surface area contributed by atoms with Gasteiger partial charge < -0.3 is 0 Å². The predicted molar refractivity (Wildman–Crippen MR) is 71.5 cm³/mol. The summed E-state index contributed by atoms with van der Waals surface area (Å²) in [5.41, 5.74) is 0. The Balaban J connectivity index is 3.12. The van der Waals surface area contributed by atoms with Gasteiger partial charge in [-0.3, -0.25) is 9.69 Å². The molecule has 0 aliphatic carbocycles. The van der Waals surface area contributed by atoms with E-state index in [0.717, 1.165) is 12.8 Å². The zero-order chi connectivity index (χ0) is 13.8. The molecule has 0 spiro atoms. The van der Waals surface area contributed by atoms with Crippen LogP contribution in [0.4, 0.5) is 0 Å². The second kappa shape index (κ2) is 5.96. The Bertz CT molecular complexity index is 359. The zero-order valence-corrected chi connectivity index (χ0v) is 11.4. The van der Waals surface area contributed by atoms with Crippen molar-refractivity contribution in [3.05, 3.63) is 25.3 Å². The van der Waals surface area contributed by atoms with E-state index >= 15 is 0 Å². The van der Waals surface area contributed by atoms with E-state index in [0.29, 0.717) is 19.6 Å². The largest absolute Gasteiger partial charge is 0.339 e. The number of quaternary nitrogens is 1. The molecule has 0 aromatic carbocycles. The third kappa shape index (κ3) is 2.25. The number of rotatable bonds is 5. The van der Waals surface area contributed by atoms with Crippen molar-refractivity contribution in [2.24, 2.45) is 0 Å². The summed E-state index contributed by atoms with van der Waals surface area (Å²) in [5, 5.41) is 0. The van der Waals surface area contributed by atoms with Gasteiger partial charge in [0, 0.05) is 19.0 Å². The van der Waals surface area contributed by atoms with E-state index in [-0.39, 0.29) is 22.5 Å². The summed E-state index contributed by atoms with van der Waals surface area (Å²) in [6.07, 6.45) is 4.43. The van der Waals surface area contributed by atoms with Crippen LogP contribution in [0.15, 0.2) is 25.3 Å². The van der Waals surface area contributed by atoms with Gasteiger partial charge in [-0.15, -0.1) is 0 Å². The van der Waals surface area contributed by atoms with Crippen molar-refractivity contribution in [2.45, 2.75) is 32.9 Å². The van der Waals surface area contributed by atoms with Crippen molar-refractivity contribution in [3.63, 3.8) is 0 Å². The molecule has 1 heterocycles. The number of carbonyl (C=O) groups excluding carboxylic acids is 2. The normalized spacial score (nSPS) is 19.7. The van der Waals surface area contributed by atoms with Crippen LogP contribution in [-0.4, -0.2) is 47.0 Å². The number of nitrogens with zero attached hydrogens (tertiary/aromatic N) is 2. The molecule has 18 heavy (non-hydrogen) atoms. The summed E-state index contributed by atoms with van der Waals surface area (Å²) in [6, 6.07) is 0. The van der Waals surface area contributed by atoms with Gasteiger partial charge in [0.25, 0.3) is 0 Å². The molecular formula is C14H23N2O2+. The lowest BCUT2D eigenvalue weighted by Crippen LogP contribution is -2.63. The Morgan fingerprint density at radius 1 is 1.28 bits per heavy atom. The van der Waals surface area contributed by atoms with E-state index in [2.05, 4.69) is 13.2 Å². The minimum absolute atomic E-state index is 0.00578. The Morgan fingerprint density at radius 2 is 1.89 bits per heavy atom. The van der Waals surface area contributed by atoms with Gasteiger partial charge in [-0.05, 0) is 26.3 Å². The molecule has 1 aliphatic rings. The van der Waals surface area contributed by atoms with Crippen molar-refractivity contribution < 1.29 is 14.1 Å². The van der Waals surface area contributed by atoms with Gasteiger partial charge in [-0.2, -0.15) is 0 Å². The molecule has 0 aromatic rings. The summed E-state index contributed by atoms with van der Waals surface area (Å²) >= 11 is 0. The molecule has 0 bridgehead atoms. The monoisotopic (exact) mass is 251 g/mol. The molecule has 100 valence electrons. The maximum absolute atomic E-state index is 12.2. The van der Waals surface area contributed by atoms with E-state index in [4.69, 9.17) is 0 Å². The van der Waals surface area contributed by atoms with Crippen LogP contribution in [0.3, 0.4) is 0 Å². The molecule has 4 nitrogen and oxygen atoms in total. The first-order valence-corrected chi connectivity index (χ1v) is 6.54. The van der Waals surface area contributed by atoms with Crippen LogP contribution in [0.2, 0.25) is 0 Å². The van der Waals surface area contributed by atoms with Gasteiger partial charge in [0.15, 0.2) is 6.17 Å². The molecule has 1 aliphatic heterocycles. The van der Waals surface area contributed by atoms with Crippen LogP contribution >= 0.6 is 0 Å². The molecule has 1 unspecified atom stereocenters. The minimum atomic E-state index is -0.0845. The fourth-order valence-corrected chi connectivity index (χ4v) is 2.92. The first-order valence-electron chi connectivity index (χ1n) is 6.54. The molecule has 1 fully saturated rings. The molecule has 0 N–H and O–H groups in total. The molecule has 4 heteroatoms. The first-order chi connectivity index (χ1) is 8.57. The summed E-state index contributed by atoms with van der Waals surface area (Å²) in [6.45, 7) is 13.2. The second-order valence-corrected chi connectivity index (χ2v) is 4.57. The van der Waals surface area contributed by atoms with Crippen molar-refractivity contribution in [2.75, 3.05) is 19.6 Å². The Morgan fingerprint density at radius 3 is 2.33 bits per heavy atom. The third-order valence-electron chi connectivity index (χ3n) is 3.99. The fourth-order valence-electron chi connectivity index (χ4n) is 2.92. The summed E-state index contributed by atoms with van der Waals surface area (Å²) in [7, 11) is 0. The van der Waals surface area contributed by atoms with E-state index < -0.39 is 0 Å². The van der Waals surface area contributed by atoms with Crippen LogP contribution in [0.5, 0.6) is 0 Å². The van der Waals surface area contributed by atoms with E-state index in [1.54, 1.807) is 4.90 Å². The van der Waals surface area contributed by atoms with Crippen LogP contribution in [0.1, 0.15) is 26.7 Å². The van der Waals surface area contributed by atoms with Crippen molar-refractivity contribution in [1.82, 2.24) is 4.90 Å². The molecule has 0 aromatic heterocycles. The quantitative estimate of drug-likeness (QED) is 0.551. The second-order valence-electron chi connectivity index (χ2n) is 4.57. The van der Waals surface area contributed by atoms with Gasteiger partial charge in [0.1, 0.15) is 0 Å². The Kier molecular flexibility index (Phi) is 4.84. The SMILES string of the molecule is C=CC(=O)N1CCCC1[N+](CC)(CC)C(=O)C=C. The number of carbonyl (C=O) groups is 2. The van der Waals surface area contributed by atoms with Gasteiger partial charge in [0.05, 0.1) is 13.1 Å². The van der Waals surface area contributed by atoms with Crippen molar-refractivity contribution >= 4 is 11.8 Å². The summed E-state index contributed by atoms with van der Waals surface area (Å²) < 4.78 is 0.281. The topological polar surface area (TPSA) is 37.4 Å². The van der Waals surface area contributed by atoms with Crippen molar-refractivity contribution in [3.8, 4) is 0 Å². The van der Waals surface area contributed by atoms with Crippen molar-refractivity contribution in [1.29, 1.82) is 0 Å². The molecule has 1 rings (SSSR count). The average molecular weight is 251 g/mol. The van der Waals surface area contributed by atoms with Gasteiger partial charge >= 0.3 is 5.91 Å². The fraction of sp³-hybridized carbons (Fsp3) is 0.571. The Labute approximate surface area is 109 Å². The number of amides is 2. The summed E-state index contributed by atoms with van der Waals surface area (Å²) in [4.78, 5) is 25.9. The van der Waals surface area contributed by atoms with Gasteiger partial charge in [-0.25, -0.2) is 9.28 Å². The van der Waals surface area contributed by atoms with Gasteiger partial charge in [0.2, 0.25) is 5.91 Å². The smallest absolute Gasteiger partial charge is 0.289 e. The van der Waals surface area contributed by atoms with Crippen LogP contribution in [0, 0.1) is 0 Å². The van der Waals surface area contributed by atoms with Crippen LogP contribution in [-0.2, 0) is 9.59 Å². The highest BCUT2D eigenvalue weighted by molar-refractivity contribution is 5.88. The van der Waals surface area contributed by atoms with E-state index in [1.165, 1.54) is 12.2 Å². The third-order valence-corrected chi connectivity index (χ3v) is 3.99. The maximum atomic E-state index is 12.2. The van der Waals surface area contributed by atoms with Crippen LogP contribution < -0.4 is 0 Å². The van der Waals surface area contributed by atoms with Gasteiger partial charge in [-0.1, -0.05) is 13.2 Å². The lowest BCUT2D eigenvalue weighted by atomic mass is 10.2. The van der Waals surface area contributed by atoms with E-state index in [9.17, 15) is 9.59 Å². The highest BCUT2D eigenvalue weighted by atomic mass is 16.2. The number of likely N-dealkylation sites (tertiary alicyclic amines) is 1. The number of likely N-dealkylation sites (N-methyl/N-ethyl adjacent to an activating group) is 1. The average Bonchev–Trinajstić information content (AvgIpc) is 2.89. The molecule has 0 radical (unpaired) electrons. The highest BCUT2D eigenvalue weighted by Gasteiger charge is 2.46. The highest BCUT2D eigenvalue weighted by Crippen LogP contribution is 2.28. The zero-order valence-electron chi connectivity index (χ0n) is 11.4. The maximum Gasteiger partial charge on any atom is 0.339 e. The summed E-state index contributed by atoms with van der Waals surface area (Å²) in [5.74, 6) is -0.0903. The molecule has 2 amide bonds. The minimum Gasteiger partial charge on any atom is -0.289 e. The predicted octanol–water partition coefficient (Wildman–Crippen LogP) is 1.69. The molecular weight excluding hydrogens is 228 g/mol. The molecule has 1 saturated heterocycles.